The number of hydrogen-bond donors (Lipinski definition) is 4. The van der Waals surface area contributed by atoms with Gasteiger partial charge in [-0.05, 0) is 146 Å². The SMILES string of the molecule is CC(C)(C)OC(=O)N1[C@@H]2CC[C@H]1CN(c1ccc(CCNC(=O)c3cnc4c(ccn4CC(=O)NCCOCCOc4ccc(Oc5ccccc5NC(=O)c5ccc(CNC(=O)OCC6c7ccccc7-c7ccccc76)cc5)cc4)c3)cc1)C2. The molecule has 86 heavy (non-hydrogen) atoms. The molecule has 3 aliphatic rings. The number of piperazine rings is 1. The molecule has 18 nitrogen and oxygen atoms in total. The van der Waals surface area contributed by atoms with Crippen molar-refractivity contribution in [2.45, 2.75) is 76.7 Å². The fraction of sp³-hybridized carbons (Fsp3) is 0.294. The molecular weight excluding hydrogens is 1090 g/mol. The van der Waals surface area contributed by atoms with Crippen molar-refractivity contribution in [3.05, 3.63) is 203 Å². The van der Waals surface area contributed by atoms with Gasteiger partial charge >= 0.3 is 12.2 Å². The maximum atomic E-state index is 13.4. The van der Waals surface area contributed by atoms with Gasteiger partial charge in [0, 0.05) is 67.7 Å². The number of benzene rings is 6. The second kappa shape index (κ2) is 26.5. The molecule has 2 aromatic heterocycles. The molecule has 5 amide bonds. The number of ether oxygens (including phenoxy) is 5. The Morgan fingerprint density at radius 1 is 0.651 bits per heavy atom. The van der Waals surface area contributed by atoms with Crippen molar-refractivity contribution < 1.29 is 47.7 Å². The standard InChI is InChI=1S/C68H70N8O10/c1-68(2,3)86-67(81)76-51-24-25-52(76)42-75(41-51)50-22-18-45(19-23-50)30-32-70-64(78)49-38-48-31-34-74(63(48)71-40-49)43-62(77)69-33-35-82-36-37-83-53-26-28-54(29-27-53)85-61-15-9-8-14-60(61)73-65(79)47-20-16-46(17-21-47)39-72-66(80)84-44-59-57-12-6-4-10-55(57)56-11-5-7-13-58(56)59/h4-23,26-29,31,34,38,40,51-52,59H,24-25,30,32-33,35-37,39,41-44H2,1-3H3,(H,69,77)(H,70,78)(H,72,80)(H,73,79)/t51-,52+. The van der Waals surface area contributed by atoms with Gasteiger partial charge in [0.2, 0.25) is 5.91 Å². The summed E-state index contributed by atoms with van der Waals surface area (Å²) in [5, 5.41) is 12.4. The first-order chi connectivity index (χ1) is 41.8. The topological polar surface area (TPSA) is 204 Å². The van der Waals surface area contributed by atoms with Crippen molar-refractivity contribution in [3.8, 4) is 28.4 Å². The lowest BCUT2D eigenvalue weighted by Crippen LogP contribution is -2.56. The van der Waals surface area contributed by atoms with Crippen LogP contribution in [0.1, 0.15) is 82.5 Å². The van der Waals surface area contributed by atoms with Crippen LogP contribution >= 0.6 is 0 Å². The zero-order chi connectivity index (χ0) is 59.6. The molecule has 2 saturated heterocycles. The average molecular weight is 1160 g/mol. The minimum atomic E-state index is -0.521. The number of rotatable bonds is 22. The predicted octanol–water partition coefficient (Wildman–Crippen LogP) is 10.9. The van der Waals surface area contributed by atoms with E-state index in [9.17, 15) is 24.0 Å². The Bertz CT molecular complexity index is 3650. The Labute approximate surface area is 499 Å². The molecule has 442 valence electrons. The number of alkyl carbamates (subject to hydrolysis) is 1. The summed E-state index contributed by atoms with van der Waals surface area (Å²) in [4.78, 5) is 73.8. The molecule has 2 bridgehead atoms. The van der Waals surface area contributed by atoms with Crippen molar-refractivity contribution in [3.63, 3.8) is 0 Å². The molecule has 0 saturated carbocycles. The highest BCUT2D eigenvalue weighted by atomic mass is 16.6. The summed E-state index contributed by atoms with van der Waals surface area (Å²) in [7, 11) is 0. The summed E-state index contributed by atoms with van der Waals surface area (Å²) in [6, 6.07) is 50.0. The lowest BCUT2D eigenvalue weighted by atomic mass is 9.98. The first-order valence-corrected chi connectivity index (χ1v) is 29.2. The van der Waals surface area contributed by atoms with Crippen LogP contribution in [0.4, 0.5) is 21.0 Å². The van der Waals surface area contributed by atoms with Gasteiger partial charge in [0.25, 0.3) is 11.8 Å². The number of nitrogens with zero attached hydrogens (tertiary/aromatic N) is 4. The molecule has 1 aliphatic carbocycles. The summed E-state index contributed by atoms with van der Waals surface area (Å²) in [6.07, 6.45) is 5.19. The van der Waals surface area contributed by atoms with Crippen molar-refractivity contribution >= 4 is 52.3 Å². The van der Waals surface area contributed by atoms with Gasteiger partial charge in [-0.3, -0.25) is 19.3 Å². The van der Waals surface area contributed by atoms with E-state index in [0.29, 0.717) is 65.8 Å². The minimum Gasteiger partial charge on any atom is -0.491 e. The number of para-hydroxylation sites is 2. The van der Waals surface area contributed by atoms with E-state index in [1.807, 2.05) is 68.1 Å². The Kier molecular flexibility index (Phi) is 17.9. The highest BCUT2D eigenvalue weighted by Crippen LogP contribution is 2.44. The molecule has 6 aromatic carbocycles. The lowest BCUT2D eigenvalue weighted by Gasteiger charge is -2.42. The van der Waals surface area contributed by atoms with Crippen molar-refractivity contribution in [1.29, 1.82) is 0 Å². The molecule has 0 spiro atoms. The summed E-state index contributed by atoms with van der Waals surface area (Å²) in [5.74, 6) is 0.830. The van der Waals surface area contributed by atoms with Crippen LogP contribution in [0.3, 0.4) is 0 Å². The Morgan fingerprint density at radius 2 is 1.33 bits per heavy atom. The second-order valence-electron chi connectivity index (χ2n) is 22.6. The largest absolute Gasteiger partial charge is 0.491 e. The number of anilines is 2. The summed E-state index contributed by atoms with van der Waals surface area (Å²) < 4.78 is 30.9. The number of carbonyl (C=O) groups excluding carboxylic acids is 5. The summed E-state index contributed by atoms with van der Waals surface area (Å²) in [6.45, 7) is 9.40. The molecule has 11 rings (SSSR count). The van der Waals surface area contributed by atoms with Crippen LogP contribution in [0.5, 0.6) is 17.2 Å². The Hall–Kier alpha value is -9.68. The van der Waals surface area contributed by atoms with E-state index in [2.05, 4.69) is 79.7 Å². The van der Waals surface area contributed by atoms with Gasteiger partial charge < -0.3 is 54.4 Å². The number of carbonyl (C=O) groups is 5. The fourth-order valence-electron chi connectivity index (χ4n) is 11.3. The van der Waals surface area contributed by atoms with E-state index in [0.717, 1.165) is 59.3 Å². The van der Waals surface area contributed by atoms with Crippen molar-refractivity contribution in [1.82, 2.24) is 30.4 Å². The van der Waals surface area contributed by atoms with Crippen molar-refractivity contribution in [2.24, 2.45) is 0 Å². The third kappa shape index (κ3) is 14.3. The van der Waals surface area contributed by atoms with Crippen LogP contribution < -0.4 is 35.6 Å². The summed E-state index contributed by atoms with van der Waals surface area (Å²) in [5.41, 5.74) is 9.10. The van der Waals surface area contributed by atoms with Crippen LogP contribution in [-0.2, 0) is 38.5 Å². The van der Waals surface area contributed by atoms with E-state index in [4.69, 9.17) is 23.7 Å². The van der Waals surface area contributed by atoms with Crippen molar-refractivity contribution in [2.75, 3.05) is 62.8 Å². The molecule has 0 unspecified atom stereocenters. The third-order valence-corrected chi connectivity index (χ3v) is 15.5. The molecule has 18 heteroatoms. The second-order valence-corrected chi connectivity index (χ2v) is 22.6. The average Bonchev–Trinajstić information content (AvgIpc) is 2.21. The molecule has 2 aliphatic heterocycles. The monoisotopic (exact) mass is 1160 g/mol. The normalized spacial score (nSPS) is 15.1. The zero-order valence-electron chi connectivity index (χ0n) is 48.5. The molecular formula is C68H70N8O10. The van der Waals surface area contributed by atoms with E-state index in [1.165, 1.54) is 17.3 Å². The van der Waals surface area contributed by atoms with Gasteiger partial charge in [-0.25, -0.2) is 14.6 Å². The van der Waals surface area contributed by atoms with Gasteiger partial charge in [-0.1, -0.05) is 84.9 Å². The van der Waals surface area contributed by atoms with E-state index in [1.54, 1.807) is 77.5 Å². The number of nitrogens with one attached hydrogen (secondary N) is 4. The fourth-order valence-corrected chi connectivity index (χ4v) is 11.3. The van der Waals surface area contributed by atoms with Gasteiger partial charge in [-0.15, -0.1) is 0 Å². The number of pyridine rings is 1. The van der Waals surface area contributed by atoms with Gasteiger partial charge in [0.1, 0.15) is 42.5 Å². The molecule has 0 radical (unpaired) electrons. The lowest BCUT2D eigenvalue weighted by molar-refractivity contribution is -0.121. The first kappa shape index (κ1) is 58.1. The maximum absolute atomic E-state index is 13.4. The van der Waals surface area contributed by atoms with Crippen LogP contribution in [0.2, 0.25) is 0 Å². The van der Waals surface area contributed by atoms with Crippen LogP contribution in [0.25, 0.3) is 22.2 Å². The quantitative estimate of drug-likeness (QED) is 0.0468. The highest BCUT2D eigenvalue weighted by Gasteiger charge is 2.44. The highest BCUT2D eigenvalue weighted by molar-refractivity contribution is 6.05. The third-order valence-electron chi connectivity index (χ3n) is 15.5. The molecule has 2 fully saturated rings. The van der Waals surface area contributed by atoms with E-state index >= 15 is 0 Å². The maximum Gasteiger partial charge on any atom is 0.410 e. The van der Waals surface area contributed by atoms with Crippen LogP contribution in [0, 0.1) is 0 Å². The van der Waals surface area contributed by atoms with E-state index < -0.39 is 11.7 Å². The smallest absolute Gasteiger partial charge is 0.410 e. The summed E-state index contributed by atoms with van der Waals surface area (Å²) >= 11 is 0. The molecule has 8 aromatic rings. The van der Waals surface area contributed by atoms with E-state index in [-0.39, 0.29) is 74.7 Å². The molecule has 4 heterocycles. The Morgan fingerprint density at radius 3 is 2.05 bits per heavy atom. The molecule has 2 atom stereocenters. The molecule has 4 N–H and O–H groups in total. The number of aromatic nitrogens is 2. The Balaban J connectivity index is 0.546. The van der Waals surface area contributed by atoms with Gasteiger partial charge in [-0.2, -0.15) is 0 Å². The van der Waals surface area contributed by atoms with Crippen LogP contribution in [0.15, 0.2) is 170 Å². The number of amides is 5. The van der Waals surface area contributed by atoms with Gasteiger partial charge in [0.15, 0.2) is 5.75 Å². The minimum absolute atomic E-state index is 0.0311. The predicted molar refractivity (Wildman–Crippen MR) is 328 cm³/mol. The van der Waals surface area contributed by atoms with Gasteiger partial charge in [0.05, 0.1) is 36.5 Å². The first-order valence-electron chi connectivity index (χ1n) is 29.2. The number of hydrogen-bond acceptors (Lipinski definition) is 12. The number of fused-ring (bicyclic) bond motifs is 6. The zero-order valence-corrected chi connectivity index (χ0v) is 48.5. The van der Waals surface area contributed by atoms with Crippen LogP contribution in [-0.4, -0.2) is 115 Å².